The highest BCUT2D eigenvalue weighted by Crippen LogP contribution is 2.26. The first-order chi connectivity index (χ1) is 20.3. The Morgan fingerprint density at radius 1 is 1.00 bits per heavy atom. The zero-order valence-electron chi connectivity index (χ0n) is 25.2. The minimum absolute atomic E-state index is 0.0918. The third kappa shape index (κ3) is 13.5. The van der Waals surface area contributed by atoms with E-state index in [1.54, 1.807) is 18.2 Å². The largest absolute Gasteiger partial charge is 0.464 e. The Labute approximate surface area is 248 Å². The molecule has 0 unspecified atom stereocenters. The summed E-state index contributed by atoms with van der Waals surface area (Å²) in [5.41, 5.74) is 0.961. The van der Waals surface area contributed by atoms with Crippen LogP contribution in [0.3, 0.4) is 0 Å². The van der Waals surface area contributed by atoms with Crippen LogP contribution in [0.15, 0.2) is 28.9 Å². The van der Waals surface area contributed by atoms with Crippen molar-refractivity contribution < 1.29 is 29.0 Å². The van der Waals surface area contributed by atoms with Crippen LogP contribution >= 0.6 is 0 Å². The Bertz CT molecular complexity index is 1120. The van der Waals surface area contributed by atoms with E-state index < -0.39 is 23.0 Å². The number of unbranched alkanes of at least 4 members (excludes halogenated alkanes) is 12. The number of hydrogen-bond acceptors (Lipinski definition) is 9. The monoisotopic (exact) mass is 588 g/mol. The molecule has 11 heteroatoms. The van der Waals surface area contributed by atoms with Crippen LogP contribution in [-0.2, 0) is 20.7 Å². The molecule has 1 heterocycles. The first kappa shape index (κ1) is 34.9. The predicted molar refractivity (Wildman–Crippen MR) is 161 cm³/mol. The second kappa shape index (κ2) is 20.5. The lowest BCUT2D eigenvalue weighted by Gasteiger charge is -2.21. The number of benzene rings is 1. The Balaban J connectivity index is 1.69. The van der Waals surface area contributed by atoms with Gasteiger partial charge in [0.1, 0.15) is 12.1 Å². The summed E-state index contributed by atoms with van der Waals surface area (Å²) in [4.78, 5) is 34.5. The Hall–Kier alpha value is -3.34. The van der Waals surface area contributed by atoms with Gasteiger partial charge in [0.25, 0.3) is 0 Å². The van der Waals surface area contributed by atoms with Crippen molar-refractivity contribution >= 4 is 28.6 Å². The first-order valence-electron chi connectivity index (χ1n) is 15.5. The number of nitro groups is 1. The lowest BCUT2D eigenvalue weighted by Crippen LogP contribution is -2.46. The van der Waals surface area contributed by atoms with Gasteiger partial charge < -0.3 is 15.2 Å². The number of non-ortho nitro benzene ring substituents is 1. The maximum Gasteiger partial charge on any atom is 0.302 e. The quantitative estimate of drug-likeness (QED) is 0.0485. The lowest BCUT2D eigenvalue weighted by molar-refractivity contribution is -0.383. The van der Waals surface area contributed by atoms with Gasteiger partial charge in [0.2, 0.25) is 11.4 Å². The number of nitrogens with one attached hydrogen (secondary N) is 1. The number of hydrogen-bond donors (Lipinski definition) is 2. The van der Waals surface area contributed by atoms with Gasteiger partial charge in [0, 0.05) is 19.4 Å². The van der Waals surface area contributed by atoms with E-state index in [1.807, 2.05) is 0 Å². The molecule has 1 aromatic heterocycles. The number of nitrogens with zero attached hydrogens (tertiary/aromatic N) is 3. The molecular formula is C31H48N4O7. The molecule has 2 N–H and O–H groups in total. The second-order valence-electron chi connectivity index (χ2n) is 10.9. The fraction of sp³-hybridized carbons (Fsp3) is 0.677. The first-order valence-corrected chi connectivity index (χ1v) is 15.5. The number of ether oxygens (including phenoxy) is 1. The van der Waals surface area contributed by atoms with E-state index in [0.717, 1.165) is 24.8 Å². The number of carbonyl (C=O) groups is 2. The molecule has 234 valence electrons. The van der Waals surface area contributed by atoms with Gasteiger partial charge in [-0.2, -0.15) is 0 Å². The molecule has 0 radical (unpaired) electrons. The summed E-state index contributed by atoms with van der Waals surface area (Å²) >= 11 is 0. The topological polar surface area (TPSA) is 158 Å². The molecule has 2 aromatic rings. The normalized spacial score (nSPS) is 12.9. The summed E-state index contributed by atoms with van der Waals surface area (Å²) in [6.07, 6.45) is 19.5. The number of allylic oxidation sites excluding steroid dienone is 1. The Morgan fingerprint density at radius 2 is 1.60 bits per heavy atom. The second-order valence-corrected chi connectivity index (χ2v) is 10.9. The van der Waals surface area contributed by atoms with Crippen molar-refractivity contribution in [1.29, 1.82) is 0 Å². The molecule has 42 heavy (non-hydrogen) atoms. The zero-order valence-corrected chi connectivity index (χ0v) is 25.2. The third-order valence-corrected chi connectivity index (χ3v) is 7.32. The highest BCUT2D eigenvalue weighted by Gasteiger charge is 2.21. The molecule has 0 aliphatic heterocycles. The van der Waals surface area contributed by atoms with Crippen molar-refractivity contribution in [3.8, 4) is 0 Å². The molecule has 2 atom stereocenters. The summed E-state index contributed by atoms with van der Waals surface area (Å²) in [6, 6.07) is 2.20. The number of carbonyl (C=O) groups excluding carboxylic acids is 2. The van der Waals surface area contributed by atoms with Crippen LogP contribution in [0.2, 0.25) is 0 Å². The summed E-state index contributed by atoms with van der Waals surface area (Å²) in [5, 5.41) is 32.1. The summed E-state index contributed by atoms with van der Waals surface area (Å²) < 4.78 is 9.75. The van der Waals surface area contributed by atoms with Crippen molar-refractivity contribution in [3.63, 3.8) is 0 Å². The van der Waals surface area contributed by atoms with Gasteiger partial charge in [-0.3, -0.25) is 19.7 Å². The van der Waals surface area contributed by atoms with Gasteiger partial charge >= 0.3 is 11.7 Å². The summed E-state index contributed by atoms with van der Waals surface area (Å²) in [6.45, 7) is 3.38. The van der Waals surface area contributed by atoms with Crippen LogP contribution in [0.5, 0.6) is 0 Å². The number of esters is 1. The number of aromatic nitrogens is 2. The number of fused-ring (bicyclic) bond motifs is 1. The van der Waals surface area contributed by atoms with Crippen molar-refractivity contribution in [2.45, 2.75) is 129 Å². The van der Waals surface area contributed by atoms with Crippen LogP contribution in [0.25, 0.3) is 11.0 Å². The zero-order chi connectivity index (χ0) is 30.6. The predicted octanol–water partition coefficient (Wildman–Crippen LogP) is 6.51. The molecule has 11 nitrogen and oxygen atoms in total. The number of aryl methyl sites for hydroxylation is 1. The SMILES string of the molecule is CCCCCCCCCCCCCCCC(=O)N[C@@H](COC(C)=O)[C@H](O)/C=C/CCc1ccc([N+](=O)[O-])c2nonc12. The van der Waals surface area contributed by atoms with E-state index in [4.69, 9.17) is 4.74 Å². The highest BCUT2D eigenvalue weighted by molar-refractivity contribution is 5.85. The maximum absolute atomic E-state index is 12.5. The Morgan fingerprint density at radius 3 is 2.19 bits per heavy atom. The van der Waals surface area contributed by atoms with Crippen LogP contribution in [0.4, 0.5) is 5.69 Å². The average molecular weight is 589 g/mol. The van der Waals surface area contributed by atoms with Crippen molar-refractivity contribution in [2.75, 3.05) is 6.61 Å². The molecule has 0 aliphatic rings. The average Bonchev–Trinajstić information content (AvgIpc) is 3.45. The molecule has 1 aromatic carbocycles. The van der Waals surface area contributed by atoms with Crippen molar-refractivity contribution in [1.82, 2.24) is 15.6 Å². The lowest BCUT2D eigenvalue weighted by atomic mass is 10.0. The van der Waals surface area contributed by atoms with Gasteiger partial charge in [-0.15, -0.1) is 0 Å². The van der Waals surface area contributed by atoms with E-state index in [1.165, 1.54) is 77.2 Å². The number of aliphatic hydroxyl groups excluding tert-OH is 1. The fourth-order valence-electron chi connectivity index (χ4n) is 4.88. The van der Waals surface area contributed by atoms with Gasteiger partial charge in [-0.1, -0.05) is 96.1 Å². The van der Waals surface area contributed by atoms with E-state index in [0.29, 0.717) is 24.8 Å². The van der Waals surface area contributed by atoms with E-state index in [9.17, 15) is 24.8 Å². The number of rotatable bonds is 23. The molecule has 0 fully saturated rings. The fourth-order valence-corrected chi connectivity index (χ4v) is 4.88. The van der Waals surface area contributed by atoms with Gasteiger partial charge in [0.15, 0.2) is 0 Å². The maximum atomic E-state index is 12.5. The van der Waals surface area contributed by atoms with Crippen molar-refractivity contribution in [2.24, 2.45) is 0 Å². The van der Waals surface area contributed by atoms with Gasteiger partial charge in [-0.05, 0) is 41.2 Å². The minimum Gasteiger partial charge on any atom is -0.464 e. The third-order valence-electron chi connectivity index (χ3n) is 7.32. The number of amides is 1. The van der Waals surface area contributed by atoms with Crippen LogP contribution in [0, 0.1) is 10.1 Å². The van der Waals surface area contributed by atoms with Gasteiger partial charge in [0.05, 0.1) is 17.1 Å². The molecule has 2 rings (SSSR count). The molecule has 0 aliphatic carbocycles. The minimum atomic E-state index is -1.06. The standard InChI is InChI=1S/C31H48N4O7/c1-3-4-5-6-7-8-9-10-11-12-13-14-15-20-29(38)32-26(23-41-24(2)36)28(37)19-17-16-18-25-21-22-27(35(39)40)31-30(25)33-42-34-31/h17,19,21-22,26,28,37H,3-16,18,20,23H2,1-2H3,(H,32,38)/b19-17+/t26-,28+/m0/s1. The van der Waals surface area contributed by atoms with Crippen molar-refractivity contribution in [3.05, 3.63) is 40.0 Å². The van der Waals surface area contributed by atoms with Crippen LogP contribution in [-0.4, -0.2) is 51.0 Å². The molecular weight excluding hydrogens is 540 g/mol. The number of aliphatic hydroxyl groups is 1. The molecule has 0 bridgehead atoms. The summed E-state index contributed by atoms with van der Waals surface area (Å²) in [5.74, 6) is -0.681. The van der Waals surface area contributed by atoms with E-state index in [-0.39, 0.29) is 23.7 Å². The highest BCUT2D eigenvalue weighted by atomic mass is 16.6. The van der Waals surface area contributed by atoms with E-state index >= 15 is 0 Å². The number of nitro benzene ring substituents is 1. The summed E-state index contributed by atoms with van der Waals surface area (Å²) in [7, 11) is 0. The van der Waals surface area contributed by atoms with Gasteiger partial charge in [-0.25, -0.2) is 4.63 Å². The van der Waals surface area contributed by atoms with Crippen LogP contribution in [0.1, 0.15) is 116 Å². The molecule has 0 saturated carbocycles. The molecule has 0 saturated heterocycles. The van der Waals surface area contributed by atoms with E-state index in [2.05, 4.69) is 27.2 Å². The Kier molecular flexibility index (Phi) is 17.0. The molecule has 0 spiro atoms. The van der Waals surface area contributed by atoms with Crippen LogP contribution < -0.4 is 5.32 Å². The molecule has 1 amide bonds. The smallest absolute Gasteiger partial charge is 0.302 e.